The highest BCUT2D eigenvalue weighted by Crippen LogP contribution is 2.09. The summed E-state index contributed by atoms with van der Waals surface area (Å²) in [7, 11) is 0. The summed E-state index contributed by atoms with van der Waals surface area (Å²) >= 11 is 0. The number of aromatic amines is 1. The minimum Gasteiger partial charge on any atom is -0.391 e. The van der Waals surface area contributed by atoms with Crippen molar-refractivity contribution >= 4 is 11.5 Å². The molecule has 4 N–H and O–H groups in total. The van der Waals surface area contributed by atoms with Gasteiger partial charge in [-0.05, 0) is 6.92 Å². The zero-order valence-electron chi connectivity index (χ0n) is 9.42. The largest absolute Gasteiger partial charge is 0.391 e. The molecule has 2 rings (SSSR count). The quantitative estimate of drug-likeness (QED) is 0.693. The number of hydrogen-bond acceptors (Lipinski definition) is 5. The van der Waals surface area contributed by atoms with E-state index in [9.17, 15) is 4.79 Å². The molecule has 0 aliphatic rings. The first kappa shape index (κ1) is 11.2. The van der Waals surface area contributed by atoms with Gasteiger partial charge in [0.1, 0.15) is 5.69 Å². The minimum atomic E-state index is -0.336. The highest BCUT2D eigenvalue weighted by molar-refractivity contribution is 5.59. The van der Waals surface area contributed by atoms with E-state index in [1.165, 1.54) is 6.33 Å². The minimum absolute atomic E-state index is 0.0841. The first-order chi connectivity index (χ1) is 8.16. The molecule has 0 saturated carbocycles. The van der Waals surface area contributed by atoms with E-state index in [0.29, 0.717) is 12.4 Å². The van der Waals surface area contributed by atoms with Crippen LogP contribution in [0.4, 0.5) is 11.5 Å². The summed E-state index contributed by atoms with van der Waals surface area (Å²) in [4.78, 5) is 21.6. The molecular weight excluding hydrogens is 220 g/mol. The van der Waals surface area contributed by atoms with E-state index < -0.39 is 0 Å². The number of H-pyrrole nitrogens is 1. The van der Waals surface area contributed by atoms with Crippen LogP contribution in [-0.4, -0.2) is 25.6 Å². The van der Waals surface area contributed by atoms with Gasteiger partial charge in [0.05, 0.1) is 12.7 Å². The van der Waals surface area contributed by atoms with Crippen molar-refractivity contribution < 1.29 is 0 Å². The molecule has 0 bridgehead atoms. The lowest BCUT2D eigenvalue weighted by atomic mass is 10.3. The van der Waals surface area contributed by atoms with Gasteiger partial charge in [-0.25, -0.2) is 9.97 Å². The van der Waals surface area contributed by atoms with Crippen molar-refractivity contribution in [3.63, 3.8) is 0 Å². The Morgan fingerprint density at radius 2 is 2.47 bits per heavy atom. The van der Waals surface area contributed by atoms with Gasteiger partial charge in [-0.1, -0.05) is 0 Å². The van der Waals surface area contributed by atoms with Gasteiger partial charge in [0.15, 0.2) is 5.82 Å². The van der Waals surface area contributed by atoms with Crippen molar-refractivity contribution in [2.45, 2.75) is 19.5 Å². The summed E-state index contributed by atoms with van der Waals surface area (Å²) in [6.07, 6.45) is 6.64. The number of nitrogen functional groups attached to an aromatic ring is 1. The van der Waals surface area contributed by atoms with Gasteiger partial charge in [0, 0.05) is 25.0 Å². The molecule has 2 heterocycles. The average Bonchev–Trinajstić information content (AvgIpc) is 2.77. The topological polar surface area (TPSA) is 102 Å². The third kappa shape index (κ3) is 2.63. The van der Waals surface area contributed by atoms with Gasteiger partial charge < -0.3 is 20.6 Å². The Hall–Kier alpha value is -2.31. The molecule has 0 saturated heterocycles. The number of nitrogens with one attached hydrogen (secondary N) is 2. The molecule has 0 spiro atoms. The fourth-order valence-electron chi connectivity index (χ4n) is 1.52. The van der Waals surface area contributed by atoms with Crippen LogP contribution < -0.4 is 16.6 Å². The van der Waals surface area contributed by atoms with Crippen molar-refractivity contribution in [3.05, 3.63) is 35.4 Å². The molecule has 2 aromatic heterocycles. The average molecular weight is 234 g/mol. The summed E-state index contributed by atoms with van der Waals surface area (Å²) in [5.41, 5.74) is 5.38. The Morgan fingerprint density at radius 3 is 3.18 bits per heavy atom. The number of hydrogen-bond donors (Lipinski definition) is 3. The number of nitrogens with zero attached hydrogens (tertiary/aromatic N) is 3. The van der Waals surface area contributed by atoms with Crippen molar-refractivity contribution in [2.75, 3.05) is 11.1 Å². The van der Waals surface area contributed by atoms with Crippen LogP contribution in [0.5, 0.6) is 0 Å². The summed E-state index contributed by atoms with van der Waals surface area (Å²) in [5.74, 6) is 0.404. The molecule has 1 unspecified atom stereocenters. The van der Waals surface area contributed by atoms with Gasteiger partial charge in [-0.3, -0.25) is 4.79 Å². The second kappa shape index (κ2) is 4.69. The van der Waals surface area contributed by atoms with Crippen LogP contribution >= 0.6 is 0 Å². The van der Waals surface area contributed by atoms with Crippen LogP contribution in [0.25, 0.3) is 0 Å². The summed E-state index contributed by atoms with van der Waals surface area (Å²) in [6, 6.07) is 0.0841. The Balaban J connectivity index is 2.05. The molecule has 1 atom stereocenters. The van der Waals surface area contributed by atoms with Gasteiger partial charge >= 0.3 is 0 Å². The van der Waals surface area contributed by atoms with Gasteiger partial charge in [-0.2, -0.15) is 0 Å². The highest BCUT2D eigenvalue weighted by Gasteiger charge is 2.08. The maximum Gasteiger partial charge on any atom is 0.276 e. The second-order valence-corrected chi connectivity index (χ2v) is 3.80. The second-order valence-electron chi connectivity index (χ2n) is 3.80. The van der Waals surface area contributed by atoms with E-state index in [0.717, 1.165) is 0 Å². The standard InChI is InChI=1S/C10H14N6O/c1-7(4-16-3-2-12-6-16)15-9-8(11)10(17)14-5-13-9/h2-3,5-7H,4,11H2,1H3,(H2,13,14,15,17). The van der Waals surface area contributed by atoms with E-state index in [1.807, 2.05) is 17.7 Å². The van der Waals surface area contributed by atoms with Crippen LogP contribution in [0.1, 0.15) is 6.92 Å². The molecule has 7 heteroatoms. The van der Waals surface area contributed by atoms with Crippen molar-refractivity contribution in [2.24, 2.45) is 0 Å². The van der Waals surface area contributed by atoms with Crippen molar-refractivity contribution in [1.29, 1.82) is 0 Å². The molecule has 0 fully saturated rings. The van der Waals surface area contributed by atoms with Gasteiger partial charge in [0.25, 0.3) is 5.56 Å². The molecule has 7 nitrogen and oxygen atoms in total. The third-order valence-corrected chi connectivity index (χ3v) is 2.32. The zero-order valence-corrected chi connectivity index (χ0v) is 9.42. The molecule has 0 aliphatic carbocycles. The molecule has 0 amide bonds. The molecule has 90 valence electrons. The maximum absolute atomic E-state index is 11.3. The Kier molecular flexibility index (Phi) is 3.08. The molecule has 0 radical (unpaired) electrons. The lowest BCUT2D eigenvalue weighted by molar-refractivity contribution is 0.617. The molecule has 0 aromatic carbocycles. The molecule has 17 heavy (non-hydrogen) atoms. The summed E-state index contributed by atoms with van der Waals surface area (Å²) < 4.78 is 1.93. The smallest absolute Gasteiger partial charge is 0.276 e. The van der Waals surface area contributed by atoms with Crippen LogP contribution in [0.3, 0.4) is 0 Å². The van der Waals surface area contributed by atoms with Gasteiger partial charge in [0.2, 0.25) is 0 Å². The van der Waals surface area contributed by atoms with Gasteiger partial charge in [-0.15, -0.1) is 0 Å². The number of rotatable bonds is 4. The number of nitrogens with two attached hydrogens (primary N) is 1. The number of anilines is 2. The highest BCUT2D eigenvalue weighted by atomic mass is 16.1. The van der Waals surface area contributed by atoms with Crippen LogP contribution in [0.2, 0.25) is 0 Å². The Morgan fingerprint density at radius 1 is 1.65 bits per heavy atom. The third-order valence-electron chi connectivity index (χ3n) is 2.32. The summed E-state index contributed by atoms with van der Waals surface area (Å²) in [6.45, 7) is 2.69. The Bertz CT molecular complexity index is 532. The number of aromatic nitrogens is 4. The van der Waals surface area contributed by atoms with Crippen molar-refractivity contribution in [1.82, 2.24) is 19.5 Å². The van der Waals surface area contributed by atoms with E-state index in [-0.39, 0.29) is 17.3 Å². The molecular formula is C10H14N6O. The normalized spacial score (nSPS) is 12.3. The first-order valence-corrected chi connectivity index (χ1v) is 5.22. The monoisotopic (exact) mass is 234 g/mol. The van der Waals surface area contributed by atoms with E-state index in [2.05, 4.69) is 20.3 Å². The SMILES string of the molecule is CC(Cn1ccnc1)Nc1nc[nH]c(=O)c1N. The maximum atomic E-state index is 11.3. The lowest BCUT2D eigenvalue weighted by Gasteiger charge is -2.15. The molecule has 0 aliphatic heterocycles. The Labute approximate surface area is 97.7 Å². The fourth-order valence-corrected chi connectivity index (χ4v) is 1.52. The molecule has 2 aromatic rings. The number of imidazole rings is 1. The summed E-state index contributed by atoms with van der Waals surface area (Å²) in [5, 5.41) is 3.08. The van der Waals surface area contributed by atoms with Crippen molar-refractivity contribution in [3.8, 4) is 0 Å². The van der Waals surface area contributed by atoms with E-state index >= 15 is 0 Å². The fraction of sp³-hybridized carbons (Fsp3) is 0.300. The van der Waals surface area contributed by atoms with Crippen LogP contribution in [0.15, 0.2) is 29.8 Å². The zero-order chi connectivity index (χ0) is 12.3. The van der Waals surface area contributed by atoms with Crippen LogP contribution in [0, 0.1) is 0 Å². The van der Waals surface area contributed by atoms with E-state index in [4.69, 9.17) is 5.73 Å². The lowest BCUT2D eigenvalue weighted by Crippen LogP contribution is -2.25. The van der Waals surface area contributed by atoms with Crippen LogP contribution in [-0.2, 0) is 6.54 Å². The first-order valence-electron chi connectivity index (χ1n) is 5.22. The predicted octanol–water partition coefficient (Wildman–Crippen LogP) is 0.0492. The predicted molar refractivity (Wildman–Crippen MR) is 64.6 cm³/mol. The van der Waals surface area contributed by atoms with E-state index in [1.54, 1.807) is 12.5 Å².